The number of nitrogens with one attached hydrogen (secondary N) is 1. The van der Waals surface area contributed by atoms with E-state index in [2.05, 4.69) is 37.2 Å². The molecular weight excluding hydrogens is 186 g/mol. The van der Waals surface area contributed by atoms with E-state index in [0.717, 1.165) is 12.5 Å². The van der Waals surface area contributed by atoms with Crippen LogP contribution >= 0.6 is 0 Å². The molecule has 0 aliphatic carbocycles. The van der Waals surface area contributed by atoms with E-state index in [0.29, 0.717) is 12.0 Å². The van der Waals surface area contributed by atoms with Crippen LogP contribution in [0.4, 0.5) is 0 Å². The largest absolute Gasteiger partial charge is 0.306 e. The maximum absolute atomic E-state index is 8.49. The first kappa shape index (κ1) is 12.5. The topological polar surface area (TPSA) is 39.1 Å². The zero-order chi connectivity index (χ0) is 11.3. The minimum absolute atomic E-state index is 0.318. The molecule has 1 saturated heterocycles. The van der Waals surface area contributed by atoms with Gasteiger partial charge in [0.25, 0.3) is 0 Å². The summed E-state index contributed by atoms with van der Waals surface area (Å²) in [6.07, 6.45) is 2.58. The van der Waals surface area contributed by atoms with Crippen molar-refractivity contribution < 1.29 is 0 Å². The highest BCUT2D eigenvalue weighted by Crippen LogP contribution is 2.33. The van der Waals surface area contributed by atoms with Gasteiger partial charge in [0.1, 0.15) is 0 Å². The fraction of sp³-hybridized carbons (Fsp3) is 0.917. The van der Waals surface area contributed by atoms with Crippen LogP contribution in [0.5, 0.6) is 0 Å². The Hall–Kier alpha value is -0.590. The Labute approximate surface area is 93.5 Å². The van der Waals surface area contributed by atoms with Crippen LogP contribution in [0, 0.1) is 22.7 Å². The van der Waals surface area contributed by atoms with Crippen molar-refractivity contribution in [1.82, 2.24) is 10.2 Å². The average molecular weight is 209 g/mol. The summed E-state index contributed by atoms with van der Waals surface area (Å²) in [7, 11) is 2.19. The molecule has 86 valence electrons. The van der Waals surface area contributed by atoms with Crippen LogP contribution in [0.25, 0.3) is 0 Å². The molecule has 1 rings (SSSR count). The molecule has 0 atom stereocenters. The first-order chi connectivity index (χ1) is 7.06. The van der Waals surface area contributed by atoms with Gasteiger partial charge >= 0.3 is 0 Å². The Kier molecular flexibility index (Phi) is 4.56. The minimum atomic E-state index is 0.318. The molecule has 1 aliphatic heterocycles. The van der Waals surface area contributed by atoms with Gasteiger partial charge < -0.3 is 10.2 Å². The molecule has 3 heteroatoms. The second-order valence-corrected chi connectivity index (χ2v) is 5.33. The Bertz CT molecular complexity index is 222. The van der Waals surface area contributed by atoms with Crippen molar-refractivity contribution in [3.05, 3.63) is 0 Å². The molecule has 0 saturated carbocycles. The molecule has 1 aliphatic rings. The molecule has 0 aromatic rings. The van der Waals surface area contributed by atoms with Crippen molar-refractivity contribution in [2.75, 3.05) is 33.2 Å². The highest BCUT2D eigenvalue weighted by Gasteiger charge is 2.31. The molecule has 0 bridgehead atoms. The van der Waals surface area contributed by atoms with Gasteiger partial charge in [-0.05, 0) is 44.3 Å². The van der Waals surface area contributed by atoms with Gasteiger partial charge in [0.05, 0.1) is 12.6 Å². The van der Waals surface area contributed by atoms with E-state index in [-0.39, 0.29) is 0 Å². The molecule has 0 aromatic carbocycles. The Morgan fingerprint density at radius 2 is 2.00 bits per heavy atom. The lowest BCUT2D eigenvalue weighted by atomic mass is 9.73. The molecule has 0 unspecified atom stereocenters. The lowest BCUT2D eigenvalue weighted by molar-refractivity contribution is 0.114. The smallest absolute Gasteiger partial charge is 0.0841 e. The van der Waals surface area contributed by atoms with E-state index in [1.807, 2.05) is 0 Å². The number of piperidine rings is 1. The van der Waals surface area contributed by atoms with Crippen molar-refractivity contribution in [2.45, 2.75) is 26.7 Å². The SMILES string of the molecule is CN1CCC(C(C)(C)CNCC#N)CC1. The number of nitrogens with zero attached hydrogens (tertiary/aromatic N) is 2. The van der Waals surface area contributed by atoms with Crippen LogP contribution in [-0.2, 0) is 0 Å². The monoisotopic (exact) mass is 209 g/mol. The number of likely N-dealkylation sites (tertiary alicyclic amines) is 1. The molecule has 1 N–H and O–H groups in total. The fourth-order valence-corrected chi connectivity index (χ4v) is 2.37. The van der Waals surface area contributed by atoms with Gasteiger partial charge in [0.15, 0.2) is 0 Å². The number of nitriles is 1. The van der Waals surface area contributed by atoms with Crippen LogP contribution < -0.4 is 5.32 Å². The van der Waals surface area contributed by atoms with Crippen LogP contribution in [-0.4, -0.2) is 38.1 Å². The van der Waals surface area contributed by atoms with Gasteiger partial charge in [-0.2, -0.15) is 5.26 Å². The predicted octanol–water partition coefficient (Wildman–Crippen LogP) is 1.47. The van der Waals surface area contributed by atoms with Gasteiger partial charge in [0, 0.05) is 6.54 Å². The maximum atomic E-state index is 8.49. The van der Waals surface area contributed by atoms with Gasteiger partial charge in [-0.1, -0.05) is 13.8 Å². The van der Waals surface area contributed by atoms with E-state index in [4.69, 9.17) is 5.26 Å². The fourth-order valence-electron chi connectivity index (χ4n) is 2.37. The standard InChI is InChI=1S/C12H23N3/c1-12(2,10-14-7-6-13)11-4-8-15(3)9-5-11/h11,14H,4-5,7-10H2,1-3H3. The second-order valence-electron chi connectivity index (χ2n) is 5.33. The molecular formula is C12H23N3. The summed E-state index contributed by atoms with van der Waals surface area (Å²) in [6.45, 7) is 8.48. The lowest BCUT2D eigenvalue weighted by Crippen LogP contribution is -2.41. The third kappa shape index (κ3) is 3.81. The molecule has 15 heavy (non-hydrogen) atoms. The highest BCUT2D eigenvalue weighted by molar-refractivity contribution is 4.86. The zero-order valence-electron chi connectivity index (χ0n) is 10.2. The predicted molar refractivity (Wildman–Crippen MR) is 62.5 cm³/mol. The molecule has 0 spiro atoms. The van der Waals surface area contributed by atoms with Gasteiger partial charge in [-0.25, -0.2) is 0 Å². The van der Waals surface area contributed by atoms with Crippen molar-refractivity contribution in [1.29, 1.82) is 5.26 Å². The third-order valence-electron chi connectivity index (χ3n) is 3.61. The molecule has 1 heterocycles. The van der Waals surface area contributed by atoms with E-state index < -0.39 is 0 Å². The summed E-state index contributed by atoms with van der Waals surface area (Å²) < 4.78 is 0. The summed E-state index contributed by atoms with van der Waals surface area (Å²) in [4.78, 5) is 2.40. The molecule has 1 fully saturated rings. The molecule has 3 nitrogen and oxygen atoms in total. The van der Waals surface area contributed by atoms with Crippen molar-refractivity contribution >= 4 is 0 Å². The van der Waals surface area contributed by atoms with Crippen LogP contribution in [0.15, 0.2) is 0 Å². The lowest BCUT2D eigenvalue weighted by Gasteiger charge is -2.39. The highest BCUT2D eigenvalue weighted by atomic mass is 15.1. The van der Waals surface area contributed by atoms with Gasteiger partial charge in [-0.15, -0.1) is 0 Å². The minimum Gasteiger partial charge on any atom is -0.306 e. The van der Waals surface area contributed by atoms with E-state index in [9.17, 15) is 0 Å². The van der Waals surface area contributed by atoms with Crippen LogP contribution in [0.3, 0.4) is 0 Å². The average Bonchev–Trinajstić information content (AvgIpc) is 2.18. The van der Waals surface area contributed by atoms with Crippen LogP contribution in [0.1, 0.15) is 26.7 Å². The first-order valence-corrected chi connectivity index (χ1v) is 5.82. The second kappa shape index (κ2) is 5.48. The van der Waals surface area contributed by atoms with Crippen molar-refractivity contribution in [2.24, 2.45) is 11.3 Å². The number of hydrogen-bond acceptors (Lipinski definition) is 3. The normalized spacial score (nSPS) is 20.1. The summed E-state index contributed by atoms with van der Waals surface area (Å²) in [6, 6.07) is 2.13. The maximum Gasteiger partial charge on any atom is 0.0841 e. The van der Waals surface area contributed by atoms with E-state index >= 15 is 0 Å². The Morgan fingerprint density at radius 3 is 2.53 bits per heavy atom. The molecule has 0 aromatic heterocycles. The Morgan fingerprint density at radius 1 is 1.40 bits per heavy atom. The molecule has 0 radical (unpaired) electrons. The molecule has 0 amide bonds. The summed E-state index contributed by atoms with van der Waals surface area (Å²) in [5.74, 6) is 0.792. The van der Waals surface area contributed by atoms with Crippen LogP contribution in [0.2, 0.25) is 0 Å². The number of hydrogen-bond donors (Lipinski definition) is 1. The number of rotatable bonds is 4. The van der Waals surface area contributed by atoms with Crippen molar-refractivity contribution in [3.8, 4) is 6.07 Å². The first-order valence-electron chi connectivity index (χ1n) is 5.82. The Balaban J connectivity index is 2.36. The van der Waals surface area contributed by atoms with E-state index in [1.165, 1.54) is 25.9 Å². The summed E-state index contributed by atoms with van der Waals surface area (Å²) in [5, 5.41) is 11.7. The van der Waals surface area contributed by atoms with Crippen molar-refractivity contribution in [3.63, 3.8) is 0 Å². The van der Waals surface area contributed by atoms with E-state index in [1.54, 1.807) is 0 Å². The summed E-state index contributed by atoms with van der Waals surface area (Å²) in [5.41, 5.74) is 0.318. The quantitative estimate of drug-likeness (QED) is 0.563. The third-order valence-corrected chi connectivity index (χ3v) is 3.61. The van der Waals surface area contributed by atoms with Gasteiger partial charge in [-0.3, -0.25) is 0 Å². The zero-order valence-corrected chi connectivity index (χ0v) is 10.2. The summed E-state index contributed by atoms with van der Waals surface area (Å²) >= 11 is 0. The van der Waals surface area contributed by atoms with Gasteiger partial charge in [0.2, 0.25) is 0 Å².